The lowest BCUT2D eigenvalue weighted by atomic mass is 9.96. The summed E-state index contributed by atoms with van der Waals surface area (Å²) in [7, 11) is 0. The predicted octanol–water partition coefficient (Wildman–Crippen LogP) is 4.64. The normalized spacial score (nSPS) is 17.1. The summed E-state index contributed by atoms with van der Waals surface area (Å²) in [6.45, 7) is 3.56. The SMILES string of the molecule is C[C@@H](CCc1ccccc1)NC(=O)[C@@H]1CCCN(c2ccnc(-c3ccc(F)cc3)n2)C1. The Morgan fingerprint density at radius 3 is 2.72 bits per heavy atom. The molecular formula is C26H29FN4O. The Kier molecular flexibility index (Phi) is 7.10. The first-order valence-corrected chi connectivity index (χ1v) is 11.3. The fraction of sp³-hybridized carbons (Fsp3) is 0.346. The van der Waals surface area contributed by atoms with Crippen LogP contribution in [-0.2, 0) is 11.2 Å². The number of nitrogens with zero attached hydrogens (tertiary/aromatic N) is 3. The number of hydrogen-bond donors (Lipinski definition) is 1. The van der Waals surface area contributed by atoms with Crippen molar-refractivity contribution in [3.63, 3.8) is 0 Å². The molecule has 1 aliphatic rings. The molecule has 2 aromatic carbocycles. The van der Waals surface area contributed by atoms with Crippen LogP contribution in [-0.4, -0.2) is 35.0 Å². The summed E-state index contributed by atoms with van der Waals surface area (Å²) >= 11 is 0. The smallest absolute Gasteiger partial charge is 0.225 e. The van der Waals surface area contributed by atoms with Crippen LogP contribution < -0.4 is 10.2 Å². The summed E-state index contributed by atoms with van der Waals surface area (Å²) in [5.74, 6) is 1.13. The number of benzene rings is 2. The van der Waals surface area contributed by atoms with Crippen molar-refractivity contribution < 1.29 is 9.18 Å². The minimum atomic E-state index is -0.284. The molecule has 166 valence electrons. The molecule has 2 atom stereocenters. The van der Waals surface area contributed by atoms with E-state index in [0.29, 0.717) is 12.4 Å². The molecule has 1 N–H and O–H groups in total. The van der Waals surface area contributed by atoms with E-state index in [2.05, 4.69) is 39.2 Å². The van der Waals surface area contributed by atoms with Gasteiger partial charge in [-0.15, -0.1) is 0 Å². The number of amides is 1. The molecule has 0 bridgehead atoms. The zero-order valence-electron chi connectivity index (χ0n) is 18.4. The number of anilines is 1. The Morgan fingerprint density at radius 1 is 1.16 bits per heavy atom. The second-order valence-corrected chi connectivity index (χ2v) is 8.46. The minimum absolute atomic E-state index is 0.0628. The number of aryl methyl sites for hydroxylation is 1. The molecule has 3 aromatic rings. The van der Waals surface area contributed by atoms with Gasteiger partial charge >= 0.3 is 0 Å². The first-order chi connectivity index (χ1) is 15.6. The largest absolute Gasteiger partial charge is 0.356 e. The van der Waals surface area contributed by atoms with Crippen LogP contribution in [0.25, 0.3) is 11.4 Å². The van der Waals surface area contributed by atoms with Gasteiger partial charge in [0.15, 0.2) is 5.82 Å². The Hall–Kier alpha value is -3.28. The van der Waals surface area contributed by atoms with Crippen molar-refractivity contribution >= 4 is 11.7 Å². The Bertz CT molecular complexity index is 1030. The van der Waals surface area contributed by atoms with Crippen LogP contribution >= 0.6 is 0 Å². The van der Waals surface area contributed by atoms with E-state index in [9.17, 15) is 9.18 Å². The molecule has 1 aromatic heterocycles. The van der Waals surface area contributed by atoms with E-state index in [-0.39, 0.29) is 23.7 Å². The summed E-state index contributed by atoms with van der Waals surface area (Å²) in [4.78, 5) is 24.1. The van der Waals surface area contributed by atoms with Gasteiger partial charge in [-0.1, -0.05) is 30.3 Å². The van der Waals surface area contributed by atoms with Crippen LogP contribution in [0.2, 0.25) is 0 Å². The van der Waals surface area contributed by atoms with E-state index in [1.165, 1.54) is 17.7 Å². The first-order valence-electron chi connectivity index (χ1n) is 11.3. The topological polar surface area (TPSA) is 58.1 Å². The average Bonchev–Trinajstić information content (AvgIpc) is 2.84. The van der Waals surface area contributed by atoms with Gasteiger partial charge in [0.25, 0.3) is 0 Å². The summed E-state index contributed by atoms with van der Waals surface area (Å²) in [6, 6.07) is 18.5. The maximum absolute atomic E-state index is 13.2. The molecule has 2 heterocycles. The van der Waals surface area contributed by atoms with Crippen LogP contribution in [0, 0.1) is 11.7 Å². The highest BCUT2D eigenvalue weighted by Crippen LogP contribution is 2.24. The molecule has 6 heteroatoms. The molecule has 0 radical (unpaired) electrons. The van der Waals surface area contributed by atoms with Gasteiger partial charge in [0, 0.05) is 30.9 Å². The van der Waals surface area contributed by atoms with E-state index in [0.717, 1.165) is 43.6 Å². The molecule has 0 aliphatic carbocycles. The van der Waals surface area contributed by atoms with Gasteiger partial charge in [-0.2, -0.15) is 0 Å². The number of nitrogens with one attached hydrogen (secondary N) is 1. The molecule has 0 spiro atoms. The number of rotatable bonds is 7. The zero-order chi connectivity index (χ0) is 22.3. The summed E-state index contributed by atoms with van der Waals surface area (Å²) in [5, 5.41) is 3.20. The number of aromatic nitrogens is 2. The maximum atomic E-state index is 13.2. The molecule has 1 saturated heterocycles. The number of piperidine rings is 1. The number of halogens is 1. The lowest BCUT2D eigenvalue weighted by Gasteiger charge is -2.33. The highest BCUT2D eigenvalue weighted by Gasteiger charge is 2.27. The maximum Gasteiger partial charge on any atom is 0.225 e. The van der Waals surface area contributed by atoms with Crippen molar-refractivity contribution in [3.05, 3.63) is 78.2 Å². The third kappa shape index (κ3) is 5.69. The van der Waals surface area contributed by atoms with Crippen molar-refractivity contribution in [1.29, 1.82) is 0 Å². The molecule has 1 aliphatic heterocycles. The van der Waals surface area contributed by atoms with Crippen LogP contribution in [0.1, 0.15) is 31.7 Å². The van der Waals surface area contributed by atoms with E-state index in [1.807, 2.05) is 24.3 Å². The summed E-state index contributed by atoms with van der Waals surface area (Å²) < 4.78 is 13.2. The molecule has 5 nitrogen and oxygen atoms in total. The van der Waals surface area contributed by atoms with Crippen LogP contribution in [0.5, 0.6) is 0 Å². The molecule has 1 amide bonds. The monoisotopic (exact) mass is 432 g/mol. The van der Waals surface area contributed by atoms with Crippen LogP contribution in [0.15, 0.2) is 66.9 Å². The average molecular weight is 433 g/mol. The van der Waals surface area contributed by atoms with Gasteiger partial charge in [-0.3, -0.25) is 4.79 Å². The van der Waals surface area contributed by atoms with E-state index in [4.69, 9.17) is 0 Å². The summed E-state index contributed by atoms with van der Waals surface area (Å²) in [5.41, 5.74) is 2.06. The second-order valence-electron chi connectivity index (χ2n) is 8.46. The molecule has 0 unspecified atom stereocenters. The zero-order valence-corrected chi connectivity index (χ0v) is 18.4. The van der Waals surface area contributed by atoms with Crippen LogP contribution in [0.4, 0.5) is 10.2 Å². The van der Waals surface area contributed by atoms with Crippen molar-refractivity contribution in [1.82, 2.24) is 15.3 Å². The van der Waals surface area contributed by atoms with Gasteiger partial charge < -0.3 is 10.2 Å². The summed E-state index contributed by atoms with van der Waals surface area (Å²) in [6.07, 6.45) is 5.40. The van der Waals surface area contributed by atoms with Crippen molar-refractivity contribution in [3.8, 4) is 11.4 Å². The Morgan fingerprint density at radius 2 is 1.94 bits per heavy atom. The van der Waals surface area contributed by atoms with Crippen molar-refractivity contribution in [2.45, 2.75) is 38.6 Å². The molecule has 0 saturated carbocycles. The van der Waals surface area contributed by atoms with Crippen LogP contribution in [0.3, 0.4) is 0 Å². The quantitative estimate of drug-likeness (QED) is 0.591. The van der Waals surface area contributed by atoms with Crippen molar-refractivity contribution in [2.24, 2.45) is 5.92 Å². The number of carbonyl (C=O) groups is 1. The Labute approximate surface area is 188 Å². The van der Waals surface area contributed by atoms with Gasteiger partial charge in [0.2, 0.25) is 5.91 Å². The highest BCUT2D eigenvalue weighted by molar-refractivity contribution is 5.79. The van der Waals surface area contributed by atoms with E-state index in [1.54, 1.807) is 18.3 Å². The third-order valence-electron chi connectivity index (χ3n) is 5.96. The molecule has 1 fully saturated rings. The Balaban J connectivity index is 1.35. The van der Waals surface area contributed by atoms with E-state index < -0.39 is 0 Å². The number of carbonyl (C=O) groups excluding carboxylic acids is 1. The molecular weight excluding hydrogens is 403 g/mol. The number of hydrogen-bond acceptors (Lipinski definition) is 4. The minimum Gasteiger partial charge on any atom is -0.356 e. The third-order valence-corrected chi connectivity index (χ3v) is 5.96. The van der Waals surface area contributed by atoms with Crippen molar-refractivity contribution in [2.75, 3.05) is 18.0 Å². The van der Waals surface area contributed by atoms with E-state index >= 15 is 0 Å². The standard InChI is InChI=1S/C26H29FN4O/c1-19(9-10-20-6-3-2-4-7-20)29-26(32)22-8-5-17-31(18-22)24-15-16-28-25(30-24)21-11-13-23(27)14-12-21/h2-4,6-7,11-16,19,22H,5,8-10,17-18H2,1H3,(H,29,32)/t19-,22+/m0/s1. The fourth-order valence-electron chi connectivity index (χ4n) is 4.12. The fourth-order valence-corrected chi connectivity index (χ4v) is 4.12. The molecule has 32 heavy (non-hydrogen) atoms. The van der Waals surface area contributed by atoms with Gasteiger partial charge in [0.1, 0.15) is 11.6 Å². The van der Waals surface area contributed by atoms with Gasteiger partial charge in [-0.05, 0) is 68.5 Å². The molecule has 4 rings (SSSR count). The second kappa shape index (κ2) is 10.4. The lowest BCUT2D eigenvalue weighted by Crippen LogP contribution is -2.45. The van der Waals surface area contributed by atoms with Gasteiger partial charge in [-0.25, -0.2) is 14.4 Å². The first kappa shape index (κ1) is 21.9. The predicted molar refractivity (Wildman–Crippen MR) is 125 cm³/mol. The lowest BCUT2D eigenvalue weighted by molar-refractivity contribution is -0.125. The highest BCUT2D eigenvalue weighted by atomic mass is 19.1. The van der Waals surface area contributed by atoms with Gasteiger partial charge in [0.05, 0.1) is 5.92 Å².